The van der Waals surface area contributed by atoms with Crippen molar-refractivity contribution in [3.05, 3.63) is 0 Å². The van der Waals surface area contributed by atoms with E-state index in [2.05, 4.69) is 17.9 Å². The van der Waals surface area contributed by atoms with E-state index in [1.807, 2.05) is 7.05 Å². The molecule has 0 aliphatic carbocycles. The molecule has 1 aliphatic heterocycles. The topological polar surface area (TPSA) is 47.3 Å². The highest BCUT2D eigenvalue weighted by Crippen LogP contribution is 2.30. The molecule has 0 aromatic rings. The summed E-state index contributed by atoms with van der Waals surface area (Å²) in [6.45, 7) is 3.73. The molecule has 2 atom stereocenters. The van der Waals surface area contributed by atoms with Crippen LogP contribution in [0.1, 0.15) is 32.6 Å². The SMILES string of the molecule is CCCC(C#N)C1(O)CCCN(C)C1. The molecule has 1 heterocycles. The molecule has 0 radical (unpaired) electrons. The summed E-state index contributed by atoms with van der Waals surface area (Å²) in [4.78, 5) is 2.11. The molecule has 0 aromatic heterocycles. The molecule has 1 N–H and O–H groups in total. The second-order valence-electron chi connectivity index (χ2n) is 4.42. The van der Waals surface area contributed by atoms with Crippen molar-refractivity contribution in [1.82, 2.24) is 4.90 Å². The van der Waals surface area contributed by atoms with Crippen LogP contribution in [0.2, 0.25) is 0 Å². The van der Waals surface area contributed by atoms with Gasteiger partial charge in [0.15, 0.2) is 0 Å². The maximum absolute atomic E-state index is 10.4. The zero-order valence-corrected chi connectivity index (χ0v) is 9.16. The number of piperidine rings is 1. The molecular formula is C11H20N2O. The summed E-state index contributed by atoms with van der Waals surface area (Å²) >= 11 is 0. The summed E-state index contributed by atoms with van der Waals surface area (Å²) in [5.74, 6) is -0.199. The van der Waals surface area contributed by atoms with Crippen molar-refractivity contribution in [1.29, 1.82) is 5.26 Å². The Morgan fingerprint density at radius 3 is 2.86 bits per heavy atom. The molecule has 1 aliphatic rings. The van der Waals surface area contributed by atoms with Crippen molar-refractivity contribution in [2.75, 3.05) is 20.1 Å². The van der Waals surface area contributed by atoms with Crippen molar-refractivity contribution in [3.8, 4) is 6.07 Å². The van der Waals surface area contributed by atoms with Crippen molar-refractivity contribution < 1.29 is 5.11 Å². The Morgan fingerprint density at radius 1 is 1.64 bits per heavy atom. The van der Waals surface area contributed by atoms with E-state index in [4.69, 9.17) is 5.26 Å². The lowest BCUT2D eigenvalue weighted by molar-refractivity contribution is -0.0548. The standard InChI is InChI=1S/C11H20N2O/c1-3-5-10(8-12)11(14)6-4-7-13(2)9-11/h10,14H,3-7,9H2,1-2H3. The first kappa shape index (κ1) is 11.5. The normalized spacial score (nSPS) is 31.0. The molecule has 0 aromatic carbocycles. The van der Waals surface area contributed by atoms with E-state index in [0.29, 0.717) is 6.54 Å². The second-order valence-corrected chi connectivity index (χ2v) is 4.42. The van der Waals surface area contributed by atoms with Crippen LogP contribution in [-0.2, 0) is 0 Å². The molecule has 1 fully saturated rings. The van der Waals surface area contributed by atoms with Gasteiger partial charge in [0.2, 0.25) is 0 Å². The Kier molecular flexibility index (Phi) is 3.91. The first-order valence-electron chi connectivity index (χ1n) is 5.43. The van der Waals surface area contributed by atoms with Gasteiger partial charge in [-0.05, 0) is 32.9 Å². The molecule has 0 amide bonds. The van der Waals surface area contributed by atoms with E-state index in [1.54, 1.807) is 0 Å². The van der Waals surface area contributed by atoms with Crippen LogP contribution in [-0.4, -0.2) is 35.7 Å². The highest BCUT2D eigenvalue weighted by atomic mass is 16.3. The Balaban J connectivity index is 2.66. The molecule has 14 heavy (non-hydrogen) atoms. The Hall–Kier alpha value is -0.590. The number of hydrogen-bond acceptors (Lipinski definition) is 3. The number of likely N-dealkylation sites (N-methyl/N-ethyl adjacent to an activating group) is 1. The number of likely N-dealkylation sites (tertiary alicyclic amines) is 1. The first-order chi connectivity index (χ1) is 6.62. The predicted octanol–water partition coefficient (Wildman–Crippen LogP) is 1.38. The molecule has 0 bridgehead atoms. The minimum absolute atomic E-state index is 0.199. The molecule has 0 spiro atoms. The Labute approximate surface area is 86.3 Å². The van der Waals surface area contributed by atoms with Crippen LogP contribution in [0.4, 0.5) is 0 Å². The summed E-state index contributed by atoms with van der Waals surface area (Å²) in [5.41, 5.74) is -0.766. The van der Waals surface area contributed by atoms with E-state index in [-0.39, 0.29) is 5.92 Å². The molecule has 1 saturated heterocycles. The van der Waals surface area contributed by atoms with Gasteiger partial charge >= 0.3 is 0 Å². The van der Waals surface area contributed by atoms with Gasteiger partial charge in [-0.3, -0.25) is 0 Å². The fraction of sp³-hybridized carbons (Fsp3) is 0.909. The summed E-state index contributed by atoms with van der Waals surface area (Å²) in [6, 6.07) is 2.26. The second kappa shape index (κ2) is 4.77. The fourth-order valence-corrected chi connectivity index (χ4v) is 2.31. The van der Waals surface area contributed by atoms with Crippen LogP contribution in [0.5, 0.6) is 0 Å². The lowest BCUT2D eigenvalue weighted by Gasteiger charge is -2.40. The number of nitrogens with zero attached hydrogens (tertiary/aromatic N) is 2. The fourth-order valence-electron chi connectivity index (χ4n) is 2.31. The molecule has 2 unspecified atom stereocenters. The van der Waals surface area contributed by atoms with E-state index >= 15 is 0 Å². The number of β-amino-alcohol motifs (C(OH)–C–C–N with tert-alkyl or cyclic N) is 1. The third-order valence-corrected chi connectivity index (χ3v) is 3.08. The van der Waals surface area contributed by atoms with Crippen molar-refractivity contribution in [2.45, 2.75) is 38.2 Å². The van der Waals surface area contributed by atoms with Gasteiger partial charge in [0.1, 0.15) is 0 Å². The van der Waals surface area contributed by atoms with Gasteiger partial charge in [-0.25, -0.2) is 0 Å². The number of nitriles is 1. The third-order valence-electron chi connectivity index (χ3n) is 3.08. The summed E-state index contributed by atoms with van der Waals surface area (Å²) in [7, 11) is 2.00. The molecule has 1 rings (SSSR count). The minimum Gasteiger partial charge on any atom is -0.387 e. The summed E-state index contributed by atoms with van der Waals surface area (Å²) < 4.78 is 0. The zero-order valence-electron chi connectivity index (χ0n) is 9.16. The molecule has 0 saturated carbocycles. The van der Waals surface area contributed by atoms with Gasteiger partial charge in [-0.2, -0.15) is 5.26 Å². The van der Waals surface area contributed by atoms with Gasteiger partial charge < -0.3 is 10.0 Å². The number of aliphatic hydroxyl groups is 1. The lowest BCUT2D eigenvalue weighted by Crippen LogP contribution is -2.51. The third kappa shape index (κ3) is 2.46. The summed E-state index contributed by atoms with van der Waals surface area (Å²) in [6.07, 6.45) is 3.54. The van der Waals surface area contributed by atoms with Crippen LogP contribution >= 0.6 is 0 Å². The van der Waals surface area contributed by atoms with Crippen LogP contribution in [0.15, 0.2) is 0 Å². The van der Waals surface area contributed by atoms with Crippen LogP contribution in [0, 0.1) is 17.2 Å². The molecule has 80 valence electrons. The molecule has 3 heteroatoms. The zero-order chi connectivity index (χ0) is 10.6. The molecule has 3 nitrogen and oxygen atoms in total. The van der Waals surface area contributed by atoms with Crippen LogP contribution in [0.3, 0.4) is 0 Å². The maximum Gasteiger partial charge on any atom is 0.0931 e. The lowest BCUT2D eigenvalue weighted by atomic mass is 9.79. The summed E-state index contributed by atoms with van der Waals surface area (Å²) in [5, 5.41) is 19.4. The van der Waals surface area contributed by atoms with Gasteiger partial charge in [0.25, 0.3) is 0 Å². The van der Waals surface area contributed by atoms with Gasteiger partial charge in [0, 0.05) is 6.54 Å². The van der Waals surface area contributed by atoms with E-state index in [9.17, 15) is 5.11 Å². The predicted molar refractivity (Wildman–Crippen MR) is 55.7 cm³/mol. The Bertz CT molecular complexity index is 224. The Morgan fingerprint density at radius 2 is 2.36 bits per heavy atom. The first-order valence-corrected chi connectivity index (χ1v) is 5.43. The molecular weight excluding hydrogens is 176 g/mol. The smallest absolute Gasteiger partial charge is 0.0931 e. The average Bonchev–Trinajstić information content (AvgIpc) is 2.13. The van der Waals surface area contributed by atoms with Gasteiger partial charge in [-0.1, -0.05) is 13.3 Å². The minimum atomic E-state index is -0.766. The highest BCUT2D eigenvalue weighted by Gasteiger charge is 2.39. The van der Waals surface area contributed by atoms with E-state index in [0.717, 1.165) is 32.2 Å². The number of hydrogen-bond donors (Lipinski definition) is 1. The van der Waals surface area contributed by atoms with Crippen molar-refractivity contribution >= 4 is 0 Å². The quantitative estimate of drug-likeness (QED) is 0.742. The largest absolute Gasteiger partial charge is 0.387 e. The number of rotatable bonds is 3. The maximum atomic E-state index is 10.4. The van der Waals surface area contributed by atoms with Crippen molar-refractivity contribution in [2.24, 2.45) is 5.92 Å². The van der Waals surface area contributed by atoms with Crippen LogP contribution in [0.25, 0.3) is 0 Å². The van der Waals surface area contributed by atoms with Gasteiger partial charge in [0.05, 0.1) is 17.6 Å². The van der Waals surface area contributed by atoms with E-state index in [1.165, 1.54) is 0 Å². The van der Waals surface area contributed by atoms with Gasteiger partial charge in [-0.15, -0.1) is 0 Å². The average molecular weight is 196 g/mol. The van der Waals surface area contributed by atoms with Crippen molar-refractivity contribution in [3.63, 3.8) is 0 Å². The monoisotopic (exact) mass is 196 g/mol. The highest BCUT2D eigenvalue weighted by molar-refractivity contribution is 5.01. The van der Waals surface area contributed by atoms with Crippen LogP contribution < -0.4 is 0 Å². The van der Waals surface area contributed by atoms with E-state index < -0.39 is 5.60 Å².